The fourth-order valence-electron chi connectivity index (χ4n) is 9.22. The van der Waals surface area contributed by atoms with Gasteiger partial charge in [-0.15, -0.1) is 0 Å². The number of nitrogens with zero attached hydrogens (tertiary/aromatic N) is 2. The van der Waals surface area contributed by atoms with Gasteiger partial charge in [0.1, 0.15) is 0 Å². The molecule has 2 fully saturated rings. The van der Waals surface area contributed by atoms with Crippen LogP contribution in [-0.4, -0.2) is 111 Å². The van der Waals surface area contributed by atoms with Gasteiger partial charge in [0.25, 0.3) is 0 Å². The second-order valence-corrected chi connectivity index (χ2v) is 19.4. The summed E-state index contributed by atoms with van der Waals surface area (Å²) in [5, 5.41) is 9.80. The van der Waals surface area contributed by atoms with Crippen LogP contribution in [-0.2, 0) is 28.5 Å². The smallest absolute Gasteiger partial charge is 0.308 e. The summed E-state index contributed by atoms with van der Waals surface area (Å²) in [4.78, 5) is 31.1. The Labute approximate surface area is 383 Å². The summed E-state index contributed by atoms with van der Waals surface area (Å²) in [7, 11) is 0. The van der Waals surface area contributed by atoms with Crippen LogP contribution in [0.4, 0.5) is 0 Å². The van der Waals surface area contributed by atoms with E-state index in [1.165, 1.54) is 167 Å². The van der Waals surface area contributed by atoms with Crippen molar-refractivity contribution >= 4 is 11.9 Å². The van der Waals surface area contributed by atoms with Crippen LogP contribution < -0.4 is 0 Å². The van der Waals surface area contributed by atoms with Crippen molar-refractivity contribution in [2.45, 2.75) is 251 Å². The molecule has 0 saturated heterocycles. The molecule has 2 rings (SSSR count). The fraction of sp³-hybridized carbons (Fsp3) is 0.962. The van der Waals surface area contributed by atoms with Gasteiger partial charge in [-0.2, -0.15) is 0 Å². The number of unbranched alkanes of at least 4 members (excludes halogenated alkanes) is 16. The largest absolute Gasteiger partial charge is 0.465 e. The quantitative estimate of drug-likeness (QED) is 0.0473. The van der Waals surface area contributed by atoms with E-state index in [-0.39, 0.29) is 37.5 Å². The minimum atomic E-state index is -0.224. The highest BCUT2D eigenvalue weighted by Gasteiger charge is 2.30. The zero-order valence-electron chi connectivity index (χ0n) is 41.4. The Morgan fingerprint density at radius 3 is 1.35 bits per heavy atom. The summed E-state index contributed by atoms with van der Waals surface area (Å²) in [5.41, 5.74) is 0. The third-order valence-corrected chi connectivity index (χ3v) is 13.9. The monoisotopic (exact) mass is 879 g/mol. The first-order valence-electron chi connectivity index (χ1n) is 27.0. The van der Waals surface area contributed by atoms with Crippen LogP contribution in [0, 0.1) is 11.8 Å². The van der Waals surface area contributed by atoms with E-state index >= 15 is 0 Å². The van der Waals surface area contributed by atoms with Gasteiger partial charge in [-0.05, 0) is 63.2 Å². The molecular weight excluding hydrogens is 777 g/mol. The number of ether oxygens (including phenoxy) is 4. The van der Waals surface area contributed by atoms with Gasteiger partial charge < -0.3 is 24.1 Å². The van der Waals surface area contributed by atoms with Crippen LogP contribution in [0.5, 0.6) is 0 Å². The van der Waals surface area contributed by atoms with Crippen molar-refractivity contribution in [3.05, 3.63) is 0 Å². The van der Waals surface area contributed by atoms with Crippen LogP contribution >= 0.6 is 0 Å². The lowest BCUT2D eigenvalue weighted by atomic mass is 9.90. The van der Waals surface area contributed by atoms with Gasteiger partial charge in [0.15, 0.2) is 0 Å². The number of hydrogen-bond acceptors (Lipinski definition) is 9. The van der Waals surface area contributed by atoms with E-state index in [1.807, 2.05) is 0 Å². The Kier molecular flexibility index (Phi) is 36.7. The average Bonchev–Trinajstić information content (AvgIpc) is 3.23. The Hall–Kier alpha value is -1.26. The number of aliphatic hydroxyl groups is 1. The van der Waals surface area contributed by atoms with Crippen molar-refractivity contribution in [1.82, 2.24) is 9.80 Å². The van der Waals surface area contributed by atoms with E-state index in [9.17, 15) is 14.7 Å². The molecule has 0 heterocycles. The Bertz CT molecular complexity index is 1020. The predicted octanol–water partition coefficient (Wildman–Crippen LogP) is 12.6. The van der Waals surface area contributed by atoms with Gasteiger partial charge in [-0.3, -0.25) is 19.4 Å². The van der Waals surface area contributed by atoms with Crippen LogP contribution in [0.15, 0.2) is 0 Å². The summed E-state index contributed by atoms with van der Waals surface area (Å²) in [6.45, 7) is 14.5. The molecule has 0 aromatic heterocycles. The second kappa shape index (κ2) is 40.1. The second-order valence-electron chi connectivity index (χ2n) is 19.4. The molecule has 0 aromatic carbocycles. The Morgan fingerprint density at radius 2 is 0.919 bits per heavy atom. The highest BCUT2D eigenvalue weighted by Crippen LogP contribution is 2.28. The third kappa shape index (κ3) is 29.3. The molecular formula is C53H102N2O7. The van der Waals surface area contributed by atoms with Crippen LogP contribution in [0.2, 0.25) is 0 Å². The third-order valence-electron chi connectivity index (χ3n) is 13.9. The van der Waals surface area contributed by atoms with Crippen molar-refractivity contribution in [2.75, 3.05) is 65.8 Å². The van der Waals surface area contributed by atoms with E-state index in [1.54, 1.807) is 0 Å². The molecule has 0 amide bonds. The molecule has 366 valence electrons. The Morgan fingerprint density at radius 1 is 0.516 bits per heavy atom. The van der Waals surface area contributed by atoms with Gasteiger partial charge in [-0.25, -0.2) is 0 Å². The molecule has 0 spiro atoms. The molecule has 2 aliphatic carbocycles. The summed E-state index contributed by atoms with van der Waals surface area (Å²) < 4.78 is 24.4. The highest BCUT2D eigenvalue weighted by molar-refractivity contribution is 5.69. The molecule has 2 saturated carbocycles. The van der Waals surface area contributed by atoms with Gasteiger partial charge in [-0.1, -0.05) is 169 Å². The van der Waals surface area contributed by atoms with Crippen LogP contribution in [0.25, 0.3) is 0 Å². The minimum Gasteiger partial charge on any atom is -0.465 e. The van der Waals surface area contributed by atoms with Crippen molar-refractivity contribution in [3.63, 3.8) is 0 Å². The van der Waals surface area contributed by atoms with Crippen molar-refractivity contribution in [1.29, 1.82) is 0 Å². The normalized spacial score (nSPS) is 16.0. The van der Waals surface area contributed by atoms with Crippen molar-refractivity contribution in [3.8, 4) is 0 Å². The number of esters is 2. The topological polar surface area (TPSA) is 97.8 Å². The molecule has 0 aromatic rings. The molecule has 0 bridgehead atoms. The fourth-order valence-corrected chi connectivity index (χ4v) is 9.22. The maximum atomic E-state index is 13.1. The molecule has 0 aliphatic heterocycles. The Balaban J connectivity index is 1.93. The van der Waals surface area contributed by atoms with E-state index in [0.29, 0.717) is 57.0 Å². The molecule has 3 unspecified atom stereocenters. The van der Waals surface area contributed by atoms with Gasteiger partial charge in [0, 0.05) is 38.3 Å². The zero-order chi connectivity index (χ0) is 44.7. The van der Waals surface area contributed by atoms with E-state index in [4.69, 9.17) is 18.9 Å². The standard InChI is InChI=1S/C53H102N2O7/c1-5-9-13-17-19-23-29-47(27-21-15-11-7-3)44-61-52(57)35-41-59-46-51(43-55(50-33-26-34-50)38-37-54(39-40-56)49-31-25-32-49)60-42-36-53(58)62-45-48(28-22-16-12-8-4)30-24-20-18-14-10-6-2/h47-51,56H,5-46H2,1-4H3. The summed E-state index contributed by atoms with van der Waals surface area (Å²) in [6.07, 6.45) is 37.5. The number of carbonyl (C=O) groups is 2. The van der Waals surface area contributed by atoms with Gasteiger partial charge in [0.05, 0.1) is 58.6 Å². The van der Waals surface area contributed by atoms with Gasteiger partial charge in [0.2, 0.25) is 0 Å². The van der Waals surface area contributed by atoms with E-state index < -0.39 is 0 Å². The zero-order valence-corrected chi connectivity index (χ0v) is 41.4. The molecule has 9 nitrogen and oxygen atoms in total. The molecule has 1 N–H and O–H groups in total. The average molecular weight is 879 g/mol. The van der Waals surface area contributed by atoms with Gasteiger partial charge >= 0.3 is 11.9 Å². The first-order chi connectivity index (χ1) is 30.4. The minimum absolute atomic E-state index is 0.176. The molecule has 3 atom stereocenters. The molecule has 62 heavy (non-hydrogen) atoms. The summed E-state index contributed by atoms with van der Waals surface area (Å²) in [6, 6.07) is 1.10. The van der Waals surface area contributed by atoms with E-state index in [2.05, 4.69) is 37.5 Å². The number of hydrogen-bond donors (Lipinski definition) is 1. The van der Waals surface area contributed by atoms with Crippen molar-refractivity contribution < 1.29 is 33.6 Å². The van der Waals surface area contributed by atoms with Crippen LogP contribution in [0.1, 0.15) is 233 Å². The number of rotatable bonds is 46. The SMILES string of the molecule is CCCCCCCCC(CCCCCC)COC(=O)CCOCC(CN(CCN(CCO)C1CCC1)C1CCC1)OCCC(=O)OCC(CCCCCC)CCCCCCCC. The lowest BCUT2D eigenvalue weighted by molar-refractivity contribution is -0.149. The van der Waals surface area contributed by atoms with Crippen molar-refractivity contribution in [2.24, 2.45) is 11.8 Å². The van der Waals surface area contributed by atoms with E-state index in [0.717, 1.165) is 51.9 Å². The maximum Gasteiger partial charge on any atom is 0.308 e. The first-order valence-corrected chi connectivity index (χ1v) is 27.0. The highest BCUT2D eigenvalue weighted by atomic mass is 16.6. The maximum absolute atomic E-state index is 13.1. The predicted molar refractivity (Wildman–Crippen MR) is 258 cm³/mol. The van der Waals surface area contributed by atoms with Crippen LogP contribution in [0.3, 0.4) is 0 Å². The molecule has 9 heteroatoms. The number of carbonyl (C=O) groups excluding carboxylic acids is 2. The molecule has 2 aliphatic rings. The molecule has 0 radical (unpaired) electrons. The lowest BCUT2D eigenvalue weighted by Gasteiger charge is -2.42. The lowest BCUT2D eigenvalue weighted by Crippen LogP contribution is -2.51. The summed E-state index contributed by atoms with van der Waals surface area (Å²) in [5.74, 6) is 0.529. The number of aliphatic hydroxyl groups excluding tert-OH is 1. The first kappa shape index (κ1) is 56.9. The summed E-state index contributed by atoms with van der Waals surface area (Å²) >= 11 is 0.